The van der Waals surface area contributed by atoms with E-state index in [4.69, 9.17) is 14.2 Å². The Kier molecular flexibility index (Phi) is 7.54. The number of ether oxygens (including phenoxy) is 3. The van der Waals surface area contributed by atoms with Gasteiger partial charge in [0.2, 0.25) is 0 Å². The second-order valence-electron chi connectivity index (χ2n) is 6.56. The Hall–Kier alpha value is -2.07. The SMILES string of the molecule is COc1ccc(C2=C(SCCO)C(=O)N(CCN3CCOCC3)C2=O)cc1OC. The zero-order valence-corrected chi connectivity index (χ0v) is 17.5. The summed E-state index contributed by atoms with van der Waals surface area (Å²) in [7, 11) is 3.06. The molecule has 2 aliphatic heterocycles. The lowest BCUT2D eigenvalue weighted by Gasteiger charge is -2.28. The van der Waals surface area contributed by atoms with E-state index in [-0.39, 0.29) is 18.4 Å². The minimum atomic E-state index is -0.323. The zero-order valence-electron chi connectivity index (χ0n) is 16.7. The number of aliphatic hydroxyl groups excluding tert-OH is 1. The van der Waals surface area contributed by atoms with Crippen LogP contribution in [0.25, 0.3) is 5.57 Å². The van der Waals surface area contributed by atoms with Crippen molar-refractivity contribution in [1.82, 2.24) is 9.80 Å². The maximum Gasteiger partial charge on any atom is 0.268 e. The van der Waals surface area contributed by atoms with Gasteiger partial charge in [-0.1, -0.05) is 6.07 Å². The molecule has 2 amide bonds. The van der Waals surface area contributed by atoms with Gasteiger partial charge >= 0.3 is 0 Å². The number of imide groups is 1. The smallest absolute Gasteiger partial charge is 0.268 e. The van der Waals surface area contributed by atoms with Gasteiger partial charge in [-0.3, -0.25) is 19.4 Å². The molecule has 0 aliphatic carbocycles. The molecular formula is C20H26N2O6S. The van der Waals surface area contributed by atoms with Crippen molar-refractivity contribution in [1.29, 1.82) is 0 Å². The molecule has 9 heteroatoms. The van der Waals surface area contributed by atoms with E-state index >= 15 is 0 Å². The molecule has 1 saturated heterocycles. The highest BCUT2D eigenvalue weighted by molar-refractivity contribution is 8.04. The minimum Gasteiger partial charge on any atom is -0.493 e. The molecule has 0 bridgehead atoms. The Bertz CT molecular complexity index is 791. The Morgan fingerprint density at radius 1 is 1.07 bits per heavy atom. The summed E-state index contributed by atoms with van der Waals surface area (Å²) in [6.45, 7) is 3.75. The van der Waals surface area contributed by atoms with E-state index in [9.17, 15) is 14.7 Å². The lowest BCUT2D eigenvalue weighted by atomic mass is 10.1. The number of hydrogen-bond donors (Lipinski definition) is 1. The number of benzene rings is 1. The fraction of sp³-hybridized carbons (Fsp3) is 0.500. The number of carbonyl (C=O) groups excluding carboxylic acids is 2. The van der Waals surface area contributed by atoms with Gasteiger partial charge in [-0.25, -0.2) is 0 Å². The van der Waals surface area contributed by atoms with Crippen molar-refractivity contribution < 1.29 is 28.9 Å². The lowest BCUT2D eigenvalue weighted by Crippen LogP contribution is -2.43. The molecule has 0 saturated carbocycles. The number of methoxy groups -OCH3 is 2. The first-order valence-electron chi connectivity index (χ1n) is 9.47. The topological polar surface area (TPSA) is 88.5 Å². The van der Waals surface area contributed by atoms with Gasteiger partial charge in [0.05, 0.1) is 44.5 Å². The Morgan fingerprint density at radius 3 is 2.45 bits per heavy atom. The third-order valence-electron chi connectivity index (χ3n) is 4.88. The third kappa shape index (κ3) is 4.75. The highest BCUT2D eigenvalue weighted by atomic mass is 32.2. The van der Waals surface area contributed by atoms with E-state index in [1.54, 1.807) is 18.2 Å². The second kappa shape index (κ2) is 10.1. The first kappa shape index (κ1) is 21.6. The average molecular weight is 423 g/mol. The number of nitrogens with zero attached hydrogens (tertiary/aromatic N) is 2. The van der Waals surface area contributed by atoms with Gasteiger partial charge in [0.15, 0.2) is 11.5 Å². The Balaban J connectivity index is 1.86. The summed E-state index contributed by atoms with van der Waals surface area (Å²) in [5, 5.41) is 9.22. The second-order valence-corrected chi connectivity index (χ2v) is 7.67. The van der Waals surface area contributed by atoms with Gasteiger partial charge in [-0.2, -0.15) is 0 Å². The molecule has 29 heavy (non-hydrogen) atoms. The van der Waals surface area contributed by atoms with E-state index in [1.807, 2.05) is 0 Å². The van der Waals surface area contributed by atoms with Crippen LogP contribution < -0.4 is 9.47 Å². The predicted octanol–water partition coefficient (Wildman–Crippen LogP) is 0.841. The number of rotatable bonds is 9. The van der Waals surface area contributed by atoms with Crippen molar-refractivity contribution in [2.45, 2.75) is 0 Å². The monoisotopic (exact) mass is 422 g/mol. The van der Waals surface area contributed by atoms with Crippen LogP contribution in [0.3, 0.4) is 0 Å². The molecule has 1 fully saturated rings. The molecule has 0 spiro atoms. The molecule has 1 N–H and O–H groups in total. The predicted molar refractivity (Wildman–Crippen MR) is 110 cm³/mol. The van der Waals surface area contributed by atoms with Crippen LogP contribution in [0, 0.1) is 0 Å². The molecule has 0 unspecified atom stereocenters. The highest BCUT2D eigenvalue weighted by Gasteiger charge is 2.39. The summed E-state index contributed by atoms with van der Waals surface area (Å²) < 4.78 is 16.0. The molecule has 0 radical (unpaired) electrons. The van der Waals surface area contributed by atoms with Gasteiger partial charge < -0.3 is 19.3 Å². The van der Waals surface area contributed by atoms with Crippen LogP contribution in [0.4, 0.5) is 0 Å². The first-order chi connectivity index (χ1) is 14.1. The van der Waals surface area contributed by atoms with Crippen LogP contribution in [-0.4, -0.2) is 92.7 Å². The van der Waals surface area contributed by atoms with Gasteiger partial charge in [0, 0.05) is 31.9 Å². The van der Waals surface area contributed by atoms with Crippen LogP contribution >= 0.6 is 11.8 Å². The quantitative estimate of drug-likeness (QED) is 0.586. The number of aliphatic hydroxyl groups is 1. The lowest BCUT2D eigenvalue weighted by molar-refractivity contribution is -0.136. The van der Waals surface area contributed by atoms with E-state index in [1.165, 1.54) is 30.9 Å². The molecular weight excluding hydrogens is 396 g/mol. The summed E-state index contributed by atoms with van der Waals surface area (Å²) in [5.41, 5.74) is 0.937. The molecule has 1 aromatic rings. The Labute approximate surface area is 174 Å². The van der Waals surface area contributed by atoms with Crippen LogP contribution in [0.15, 0.2) is 23.1 Å². The highest BCUT2D eigenvalue weighted by Crippen LogP contribution is 2.38. The van der Waals surface area contributed by atoms with Crippen molar-refractivity contribution in [2.24, 2.45) is 0 Å². The fourth-order valence-corrected chi connectivity index (χ4v) is 4.23. The summed E-state index contributed by atoms with van der Waals surface area (Å²) in [6, 6.07) is 5.15. The van der Waals surface area contributed by atoms with Gasteiger partial charge in [-0.05, 0) is 17.7 Å². The van der Waals surface area contributed by atoms with E-state index in [0.717, 1.165) is 13.1 Å². The van der Waals surface area contributed by atoms with Gasteiger partial charge in [0.1, 0.15) is 0 Å². The van der Waals surface area contributed by atoms with E-state index < -0.39 is 0 Å². The maximum atomic E-state index is 13.2. The number of hydrogen-bond acceptors (Lipinski definition) is 8. The largest absolute Gasteiger partial charge is 0.493 e. The van der Waals surface area contributed by atoms with Crippen molar-refractivity contribution in [3.63, 3.8) is 0 Å². The maximum absolute atomic E-state index is 13.2. The molecule has 1 aromatic carbocycles. The van der Waals surface area contributed by atoms with Crippen molar-refractivity contribution >= 4 is 29.1 Å². The van der Waals surface area contributed by atoms with Crippen LogP contribution in [0.5, 0.6) is 11.5 Å². The first-order valence-corrected chi connectivity index (χ1v) is 10.5. The summed E-state index contributed by atoms with van der Waals surface area (Å²) in [4.78, 5) is 30.0. The molecule has 8 nitrogen and oxygen atoms in total. The van der Waals surface area contributed by atoms with Gasteiger partial charge in [0.25, 0.3) is 11.8 Å². The van der Waals surface area contributed by atoms with Crippen LogP contribution in [-0.2, 0) is 14.3 Å². The van der Waals surface area contributed by atoms with E-state index in [0.29, 0.717) is 59.6 Å². The zero-order chi connectivity index (χ0) is 20.8. The summed E-state index contributed by atoms with van der Waals surface area (Å²) in [5.74, 6) is 0.725. The third-order valence-corrected chi connectivity index (χ3v) is 5.93. The molecule has 2 aliphatic rings. The van der Waals surface area contributed by atoms with Crippen molar-refractivity contribution in [3.8, 4) is 11.5 Å². The van der Waals surface area contributed by atoms with Crippen molar-refractivity contribution in [2.75, 3.05) is 66.0 Å². The molecule has 3 rings (SSSR count). The van der Waals surface area contributed by atoms with Crippen molar-refractivity contribution in [3.05, 3.63) is 28.7 Å². The molecule has 158 valence electrons. The number of carbonyl (C=O) groups is 2. The molecule has 2 heterocycles. The fourth-order valence-electron chi connectivity index (χ4n) is 3.35. The normalized spacial score (nSPS) is 18.0. The number of amides is 2. The Morgan fingerprint density at radius 2 is 1.79 bits per heavy atom. The number of thioether (sulfide) groups is 1. The molecule has 0 aromatic heterocycles. The van der Waals surface area contributed by atoms with Crippen LogP contribution in [0.2, 0.25) is 0 Å². The minimum absolute atomic E-state index is 0.0807. The standard InChI is InChI=1S/C20H26N2O6S/c1-26-15-4-3-14(13-16(15)27-2)17-18(29-12-9-23)20(25)22(19(17)24)6-5-21-7-10-28-11-8-21/h3-4,13,23H,5-12H2,1-2H3. The summed E-state index contributed by atoms with van der Waals surface area (Å²) >= 11 is 1.20. The van der Waals surface area contributed by atoms with E-state index in [2.05, 4.69) is 4.90 Å². The molecule has 0 atom stereocenters. The summed E-state index contributed by atoms with van der Waals surface area (Å²) in [6.07, 6.45) is 0. The van der Waals surface area contributed by atoms with Gasteiger partial charge in [-0.15, -0.1) is 11.8 Å². The van der Waals surface area contributed by atoms with Crippen LogP contribution in [0.1, 0.15) is 5.56 Å². The average Bonchev–Trinajstić information content (AvgIpc) is 2.99. The number of morpholine rings is 1.